The largest absolute Gasteiger partial charge is 0.481 e. The van der Waals surface area contributed by atoms with Crippen LogP contribution in [0.25, 0.3) is 6.08 Å². The number of benzene rings is 1. The lowest BCUT2D eigenvalue weighted by molar-refractivity contribution is -0.138. The van der Waals surface area contributed by atoms with Gasteiger partial charge in [0.05, 0.1) is 0 Å². The molecule has 0 aromatic heterocycles. The molecular weight excluding hydrogens is 496 g/mol. The summed E-state index contributed by atoms with van der Waals surface area (Å²) in [7, 11) is 0. The second kappa shape index (κ2) is 24.7. The van der Waals surface area contributed by atoms with Gasteiger partial charge in [0.1, 0.15) is 0 Å². The van der Waals surface area contributed by atoms with Gasteiger partial charge in [0, 0.05) is 12.8 Å². The monoisotopic (exact) mass is 556 g/mol. The van der Waals surface area contributed by atoms with Crippen LogP contribution in [0.2, 0.25) is 0 Å². The molecule has 1 rings (SSSR count). The van der Waals surface area contributed by atoms with Crippen molar-refractivity contribution in [2.24, 2.45) is 0 Å². The SMILES string of the molecule is CCCCCC=Cc1c(CCCCC)ccc(CCCCCCCCC(=O)O)c1CCCCCCCCC(=O)O. The van der Waals surface area contributed by atoms with Crippen LogP contribution in [0.15, 0.2) is 18.2 Å². The first-order valence-corrected chi connectivity index (χ1v) is 16.7. The number of aryl methyl sites for hydroxylation is 2. The standard InChI is InChI=1S/C36H60O4/c1-3-5-7-12-19-25-33-31(23-17-6-4-2)29-30-32(24-18-13-8-10-15-21-27-35(37)38)34(33)26-20-14-9-11-16-22-28-36(39)40/h19,25,29-30H,3-18,20-24,26-28H2,1-2H3,(H,37,38)(H,39,40). The Morgan fingerprint density at radius 1 is 0.575 bits per heavy atom. The molecule has 0 bridgehead atoms. The van der Waals surface area contributed by atoms with Gasteiger partial charge in [-0.2, -0.15) is 0 Å². The van der Waals surface area contributed by atoms with E-state index in [4.69, 9.17) is 10.2 Å². The number of carboxylic acids is 2. The Balaban J connectivity index is 2.86. The van der Waals surface area contributed by atoms with E-state index in [2.05, 4.69) is 38.1 Å². The summed E-state index contributed by atoms with van der Waals surface area (Å²) >= 11 is 0. The second-order valence-corrected chi connectivity index (χ2v) is 11.7. The van der Waals surface area contributed by atoms with E-state index in [9.17, 15) is 9.59 Å². The highest BCUT2D eigenvalue weighted by atomic mass is 16.4. The Labute approximate surface area is 246 Å². The van der Waals surface area contributed by atoms with Gasteiger partial charge in [-0.05, 0) is 86.5 Å². The number of aliphatic carboxylic acids is 2. The van der Waals surface area contributed by atoms with Crippen molar-refractivity contribution in [1.82, 2.24) is 0 Å². The van der Waals surface area contributed by atoms with Crippen LogP contribution in [-0.2, 0) is 28.9 Å². The fourth-order valence-electron chi connectivity index (χ4n) is 5.58. The zero-order chi connectivity index (χ0) is 29.3. The molecule has 228 valence electrons. The van der Waals surface area contributed by atoms with Crippen LogP contribution in [-0.4, -0.2) is 22.2 Å². The molecule has 2 N–H and O–H groups in total. The number of hydrogen-bond acceptors (Lipinski definition) is 2. The maximum Gasteiger partial charge on any atom is 0.303 e. The van der Waals surface area contributed by atoms with Crippen LogP contribution in [0.1, 0.15) is 171 Å². The lowest BCUT2D eigenvalue weighted by Crippen LogP contribution is -2.03. The molecule has 0 radical (unpaired) electrons. The minimum absolute atomic E-state index is 0.296. The van der Waals surface area contributed by atoms with Gasteiger partial charge in [-0.1, -0.05) is 115 Å². The minimum atomic E-state index is -0.681. The Morgan fingerprint density at radius 3 is 1.60 bits per heavy atom. The zero-order valence-electron chi connectivity index (χ0n) is 26.0. The summed E-state index contributed by atoms with van der Waals surface area (Å²) in [6.45, 7) is 4.54. The fraction of sp³-hybridized carbons (Fsp3) is 0.722. The minimum Gasteiger partial charge on any atom is -0.481 e. The van der Waals surface area contributed by atoms with Gasteiger partial charge < -0.3 is 10.2 Å². The van der Waals surface area contributed by atoms with E-state index < -0.39 is 11.9 Å². The molecule has 40 heavy (non-hydrogen) atoms. The van der Waals surface area contributed by atoms with Crippen molar-refractivity contribution in [3.63, 3.8) is 0 Å². The maximum absolute atomic E-state index is 10.7. The molecule has 0 saturated carbocycles. The molecule has 1 aromatic rings. The van der Waals surface area contributed by atoms with Crippen molar-refractivity contribution in [1.29, 1.82) is 0 Å². The van der Waals surface area contributed by atoms with Crippen LogP contribution >= 0.6 is 0 Å². The summed E-state index contributed by atoms with van der Waals surface area (Å²) in [4.78, 5) is 21.5. The van der Waals surface area contributed by atoms with Gasteiger partial charge in [0.15, 0.2) is 0 Å². The Hall–Kier alpha value is -2.10. The Kier molecular flexibility index (Phi) is 22.2. The quantitative estimate of drug-likeness (QED) is 0.106. The molecule has 0 atom stereocenters. The number of carbonyl (C=O) groups is 2. The normalized spacial score (nSPS) is 11.4. The van der Waals surface area contributed by atoms with Crippen LogP contribution in [0, 0.1) is 0 Å². The van der Waals surface area contributed by atoms with Crippen molar-refractivity contribution in [2.45, 2.75) is 168 Å². The van der Waals surface area contributed by atoms with Crippen molar-refractivity contribution in [3.05, 3.63) is 40.5 Å². The van der Waals surface area contributed by atoms with Crippen molar-refractivity contribution < 1.29 is 19.8 Å². The molecule has 1 aromatic carbocycles. The number of carboxylic acid groups (broad SMARTS) is 2. The highest BCUT2D eigenvalue weighted by Crippen LogP contribution is 2.27. The van der Waals surface area contributed by atoms with Gasteiger partial charge in [0.2, 0.25) is 0 Å². The third kappa shape index (κ3) is 18.3. The van der Waals surface area contributed by atoms with Crippen LogP contribution in [0.4, 0.5) is 0 Å². The molecule has 4 heteroatoms. The van der Waals surface area contributed by atoms with E-state index in [-0.39, 0.29) is 0 Å². The van der Waals surface area contributed by atoms with Gasteiger partial charge in [-0.3, -0.25) is 9.59 Å². The number of hydrogen-bond donors (Lipinski definition) is 2. The molecule has 4 nitrogen and oxygen atoms in total. The average molecular weight is 557 g/mol. The Bertz CT molecular complexity index is 826. The summed E-state index contributed by atoms with van der Waals surface area (Å²) in [5, 5.41) is 17.7. The van der Waals surface area contributed by atoms with Crippen molar-refractivity contribution in [3.8, 4) is 0 Å². The van der Waals surface area contributed by atoms with E-state index in [0.29, 0.717) is 12.8 Å². The molecule has 0 unspecified atom stereocenters. The topological polar surface area (TPSA) is 74.6 Å². The van der Waals surface area contributed by atoms with Gasteiger partial charge in [-0.15, -0.1) is 0 Å². The molecule has 0 aliphatic carbocycles. The van der Waals surface area contributed by atoms with Crippen molar-refractivity contribution >= 4 is 18.0 Å². The predicted octanol–water partition coefficient (Wildman–Crippen LogP) is 10.7. The Morgan fingerprint density at radius 2 is 1.02 bits per heavy atom. The second-order valence-electron chi connectivity index (χ2n) is 11.7. The molecule has 0 saturated heterocycles. The zero-order valence-corrected chi connectivity index (χ0v) is 26.0. The highest BCUT2D eigenvalue weighted by Gasteiger charge is 2.12. The number of rotatable bonds is 27. The number of allylic oxidation sites excluding steroid dienone is 1. The molecule has 0 amide bonds. The molecule has 0 fully saturated rings. The van der Waals surface area contributed by atoms with E-state index >= 15 is 0 Å². The van der Waals surface area contributed by atoms with Gasteiger partial charge in [-0.25, -0.2) is 0 Å². The van der Waals surface area contributed by atoms with E-state index in [1.165, 1.54) is 93.7 Å². The lowest BCUT2D eigenvalue weighted by atomic mass is 9.87. The maximum atomic E-state index is 10.7. The summed E-state index contributed by atoms with van der Waals surface area (Å²) in [5.74, 6) is -1.36. The van der Waals surface area contributed by atoms with E-state index in [1.807, 2.05) is 0 Å². The third-order valence-corrected chi connectivity index (χ3v) is 8.01. The van der Waals surface area contributed by atoms with E-state index in [1.54, 1.807) is 5.56 Å². The molecule has 0 heterocycles. The molecule has 0 aliphatic heterocycles. The van der Waals surface area contributed by atoms with Crippen LogP contribution in [0.3, 0.4) is 0 Å². The first kappa shape index (κ1) is 35.9. The first-order valence-electron chi connectivity index (χ1n) is 16.7. The molecular formula is C36H60O4. The van der Waals surface area contributed by atoms with Crippen LogP contribution in [0.5, 0.6) is 0 Å². The summed E-state index contributed by atoms with van der Waals surface area (Å²) < 4.78 is 0. The van der Waals surface area contributed by atoms with Crippen molar-refractivity contribution in [2.75, 3.05) is 0 Å². The fourth-order valence-corrected chi connectivity index (χ4v) is 5.58. The van der Waals surface area contributed by atoms with E-state index in [0.717, 1.165) is 64.2 Å². The number of unbranched alkanes of at least 4 members (excludes halogenated alkanes) is 15. The first-order chi connectivity index (χ1) is 19.5. The van der Waals surface area contributed by atoms with Gasteiger partial charge >= 0.3 is 11.9 Å². The summed E-state index contributed by atoms with van der Waals surface area (Å²) in [6, 6.07) is 4.83. The van der Waals surface area contributed by atoms with Gasteiger partial charge in [0.25, 0.3) is 0 Å². The highest BCUT2D eigenvalue weighted by molar-refractivity contribution is 5.66. The molecule has 0 spiro atoms. The summed E-state index contributed by atoms with van der Waals surface area (Å²) in [6.07, 6.45) is 30.7. The third-order valence-electron chi connectivity index (χ3n) is 8.01. The summed E-state index contributed by atoms with van der Waals surface area (Å²) in [5.41, 5.74) is 6.12. The predicted molar refractivity (Wildman–Crippen MR) is 170 cm³/mol. The smallest absolute Gasteiger partial charge is 0.303 e. The average Bonchev–Trinajstić information content (AvgIpc) is 2.92. The van der Waals surface area contributed by atoms with Crippen LogP contribution < -0.4 is 0 Å². The molecule has 0 aliphatic rings. The lowest BCUT2D eigenvalue weighted by Gasteiger charge is -2.18.